The Bertz CT molecular complexity index is 898. The van der Waals surface area contributed by atoms with E-state index in [1.807, 2.05) is 0 Å². The standard InChI is InChI=1S/C16H12F3N5OS/c17-16(18,19)11-3-1-2-10(6-11)7-21-14(25)12-8-26-15(23-12)24-13-4-5-20-9-22-13/h1-6,8-9H,7H2,(H,21,25)(H,20,22,23,24). The fraction of sp³-hybridized carbons (Fsp3) is 0.125. The number of benzene rings is 1. The molecule has 0 unspecified atom stereocenters. The lowest BCUT2D eigenvalue weighted by molar-refractivity contribution is -0.137. The first-order chi connectivity index (χ1) is 12.4. The topological polar surface area (TPSA) is 79.8 Å². The summed E-state index contributed by atoms with van der Waals surface area (Å²) in [6.07, 6.45) is -1.49. The summed E-state index contributed by atoms with van der Waals surface area (Å²) in [5, 5.41) is 7.50. The van der Waals surface area contributed by atoms with Gasteiger partial charge in [0.1, 0.15) is 17.8 Å². The second-order valence-corrected chi connectivity index (χ2v) is 6.00. The SMILES string of the molecule is O=C(NCc1cccc(C(F)(F)F)c1)c1csc(Nc2ccncn2)n1. The van der Waals surface area contributed by atoms with Gasteiger partial charge in [-0.3, -0.25) is 4.79 Å². The maximum absolute atomic E-state index is 12.7. The molecule has 0 aliphatic rings. The highest BCUT2D eigenvalue weighted by molar-refractivity contribution is 7.14. The lowest BCUT2D eigenvalue weighted by Gasteiger charge is -2.09. The molecule has 0 saturated heterocycles. The van der Waals surface area contributed by atoms with Crippen LogP contribution in [0.1, 0.15) is 21.6 Å². The Kier molecular flexibility index (Phi) is 5.12. The van der Waals surface area contributed by atoms with Crippen LogP contribution in [0.2, 0.25) is 0 Å². The maximum Gasteiger partial charge on any atom is 0.416 e. The largest absolute Gasteiger partial charge is 0.416 e. The van der Waals surface area contributed by atoms with Crippen molar-refractivity contribution >= 4 is 28.2 Å². The van der Waals surface area contributed by atoms with E-state index in [0.29, 0.717) is 16.5 Å². The van der Waals surface area contributed by atoms with Crippen LogP contribution in [0.4, 0.5) is 24.1 Å². The van der Waals surface area contributed by atoms with Gasteiger partial charge in [0.05, 0.1) is 5.56 Å². The van der Waals surface area contributed by atoms with Gasteiger partial charge in [-0.2, -0.15) is 13.2 Å². The van der Waals surface area contributed by atoms with Gasteiger partial charge in [0.15, 0.2) is 5.13 Å². The number of nitrogens with zero attached hydrogens (tertiary/aromatic N) is 3. The Labute approximate surface area is 150 Å². The molecule has 0 fully saturated rings. The molecular formula is C16H12F3N5OS. The molecule has 3 rings (SSSR count). The minimum atomic E-state index is -4.42. The van der Waals surface area contributed by atoms with Gasteiger partial charge in [-0.25, -0.2) is 15.0 Å². The molecule has 134 valence electrons. The van der Waals surface area contributed by atoms with Crippen LogP contribution in [0.3, 0.4) is 0 Å². The maximum atomic E-state index is 12.7. The number of amides is 1. The van der Waals surface area contributed by atoms with E-state index in [1.54, 1.807) is 17.6 Å². The first-order valence-corrected chi connectivity index (χ1v) is 8.23. The Morgan fingerprint density at radius 3 is 2.81 bits per heavy atom. The quantitative estimate of drug-likeness (QED) is 0.708. The number of rotatable bonds is 5. The number of anilines is 2. The Morgan fingerprint density at radius 2 is 2.08 bits per heavy atom. The predicted octanol–water partition coefficient (Wildman–Crippen LogP) is 3.63. The van der Waals surface area contributed by atoms with Crippen LogP contribution in [0.15, 0.2) is 48.2 Å². The Balaban J connectivity index is 1.61. The van der Waals surface area contributed by atoms with Crippen LogP contribution in [0.25, 0.3) is 0 Å². The first kappa shape index (κ1) is 17.8. The van der Waals surface area contributed by atoms with Crippen molar-refractivity contribution < 1.29 is 18.0 Å². The Morgan fingerprint density at radius 1 is 1.23 bits per heavy atom. The molecule has 3 aromatic rings. The van der Waals surface area contributed by atoms with E-state index < -0.39 is 17.6 Å². The molecule has 0 atom stereocenters. The van der Waals surface area contributed by atoms with Crippen molar-refractivity contribution in [3.8, 4) is 0 Å². The number of hydrogen-bond acceptors (Lipinski definition) is 6. The van der Waals surface area contributed by atoms with Crippen molar-refractivity contribution in [2.75, 3.05) is 5.32 Å². The number of hydrogen-bond donors (Lipinski definition) is 2. The average molecular weight is 379 g/mol. The number of thiazole rings is 1. The smallest absolute Gasteiger partial charge is 0.347 e. The van der Waals surface area contributed by atoms with Crippen LogP contribution in [-0.2, 0) is 12.7 Å². The summed E-state index contributed by atoms with van der Waals surface area (Å²) in [5.41, 5.74) is -0.240. The fourth-order valence-corrected chi connectivity index (χ4v) is 2.74. The summed E-state index contributed by atoms with van der Waals surface area (Å²) in [7, 11) is 0. The molecule has 0 aliphatic heterocycles. The van der Waals surface area contributed by atoms with Crippen molar-refractivity contribution in [2.24, 2.45) is 0 Å². The molecule has 1 amide bonds. The number of carbonyl (C=O) groups excluding carboxylic acids is 1. The van der Waals surface area contributed by atoms with E-state index in [2.05, 4.69) is 25.6 Å². The van der Waals surface area contributed by atoms with Crippen molar-refractivity contribution in [2.45, 2.75) is 12.7 Å². The summed E-state index contributed by atoms with van der Waals surface area (Å²) < 4.78 is 38.1. The van der Waals surface area contributed by atoms with Gasteiger partial charge in [0, 0.05) is 18.1 Å². The highest BCUT2D eigenvalue weighted by atomic mass is 32.1. The van der Waals surface area contributed by atoms with Crippen molar-refractivity contribution in [3.05, 3.63) is 65.1 Å². The summed E-state index contributed by atoms with van der Waals surface area (Å²) in [4.78, 5) is 24.0. The van der Waals surface area contributed by atoms with Crippen molar-refractivity contribution in [1.82, 2.24) is 20.3 Å². The summed E-state index contributed by atoms with van der Waals surface area (Å²) in [6, 6.07) is 6.45. The van der Waals surface area contributed by atoms with E-state index >= 15 is 0 Å². The van der Waals surface area contributed by atoms with E-state index in [0.717, 1.165) is 12.1 Å². The van der Waals surface area contributed by atoms with Crippen LogP contribution in [0, 0.1) is 0 Å². The lowest BCUT2D eigenvalue weighted by Crippen LogP contribution is -2.23. The molecule has 2 heterocycles. The number of carbonyl (C=O) groups is 1. The van der Waals surface area contributed by atoms with Gasteiger partial charge in [0.2, 0.25) is 0 Å². The molecule has 0 aliphatic carbocycles. The first-order valence-electron chi connectivity index (χ1n) is 7.35. The van der Waals surface area contributed by atoms with Crippen LogP contribution < -0.4 is 10.6 Å². The zero-order valence-corrected chi connectivity index (χ0v) is 13.9. The molecule has 10 heteroatoms. The van der Waals surface area contributed by atoms with Gasteiger partial charge >= 0.3 is 6.18 Å². The van der Waals surface area contributed by atoms with Crippen LogP contribution in [0.5, 0.6) is 0 Å². The van der Waals surface area contributed by atoms with Gasteiger partial charge < -0.3 is 10.6 Å². The summed E-state index contributed by atoms with van der Waals surface area (Å²) >= 11 is 1.21. The molecule has 6 nitrogen and oxygen atoms in total. The third-order valence-electron chi connectivity index (χ3n) is 3.26. The second-order valence-electron chi connectivity index (χ2n) is 5.14. The molecule has 0 saturated carbocycles. The zero-order valence-electron chi connectivity index (χ0n) is 13.1. The van der Waals surface area contributed by atoms with Gasteiger partial charge in [-0.15, -0.1) is 11.3 Å². The van der Waals surface area contributed by atoms with Gasteiger partial charge in [0.25, 0.3) is 5.91 Å². The minimum absolute atomic E-state index is 0.0328. The average Bonchev–Trinajstić information content (AvgIpc) is 3.09. The number of alkyl halides is 3. The highest BCUT2D eigenvalue weighted by Gasteiger charge is 2.30. The summed E-state index contributed by atoms with van der Waals surface area (Å²) in [5.74, 6) is 0.0553. The van der Waals surface area contributed by atoms with Crippen molar-refractivity contribution in [3.63, 3.8) is 0 Å². The minimum Gasteiger partial charge on any atom is -0.347 e. The highest BCUT2D eigenvalue weighted by Crippen LogP contribution is 2.29. The van der Waals surface area contributed by atoms with E-state index in [9.17, 15) is 18.0 Å². The fourth-order valence-electron chi connectivity index (χ4n) is 2.04. The normalized spacial score (nSPS) is 11.2. The zero-order chi connectivity index (χ0) is 18.6. The Hall–Kier alpha value is -3.01. The molecule has 2 N–H and O–H groups in total. The number of halogens is 3. The molecule has 26 heavy (non-hydrogen) atoms. The van der Waals surface area contributed by atoms with E-state index in [4.69, 9.17) is 0 Å². The number of nitrogens with one attached hydrogen (secondary N) is 2. The molecule has 0 bridgehead atoms. The molecular weight excluding hydrogens is 367 g/mol. The van der Waals surface area contributed by atoms with Crippen molar-refractivity contribution in [1.29, 1.82) is 0 Å². The van der Waals surface area contributed by atoms with Crippen LogP contribution in [-0.4, -0.2) is 20.9 Å². The predicted molar refractivity (Wildman–Crippen MR) is 90.0 cm³/mol. The third-order valence-corrected chi connectivity index (χ3v) is 4.02. The summed E-state index contributed by atoms with van der Waals surface area (Å²) in [6.45, 7) is -0.0328. The van der Waals surface area contributed by atoms with Crippen LogP contribution >= 0.6 is 11.3 Å². The monoisotopic (exact) mass is 379 g/mol. The molecule has 2 aromatic heterocycles. The van der Waals surface area contributed by atoms with E-state index in [1.165, 1.54) is 29.8 Å². The lowest BCUT2D eigenvalue weighted by atomic mass is 10.1. The van der Waals surface area contributed by atoms with E-state index in [-0.39, 0.29) is 12.2 Å². The third kappa shape index (κ3) is 4.54. The van der Waals surface area contributed by atoms with Gasteiger partial charge in [-0.1, -0.05) is 12.1 Å². The molecule has 0 spiro atoms. The second kappa shape index (κ2) is 7.48. The molecule has 1 aromatic carbocycles. The molecule has 0 radical (unpaired) electrons. The number of aromatic nitrogens is 3. The van der Waals surface area contributed by atoms with Gasteiger partial charge in [-0.05, 0) is 23.8 Å².